The van der Waals surface area contributed by atoms with Crippen molar-refractivity contribution >= 4 is 16.7 Å². The highest BCUT2D eigenvalue weighted by Crippen LogP contribution is 2.20. The van der Waals surface area contributed by atoms with Gasteiger partial charge >= 0.3 is 7.40 Å². The minimum atomic E-state index is -0.291. The number of carbonyl (C=O) groups excluding carboxylic acids is 1. The van der Waals surface area contributed by atoms with Gasteiger partial charge in [0.1, 0.15) is 5.75 Å². The van der Waals surface area contributed by atoms with Crippen LogP contribution in [0.25, 0.3) is 10.8 Å². The lowest BCUT2D eigenvalue weighted by atomic mass is 10.1. The summed E-state index contributed by atoms with van der Waals surface area (Å²) in [5.74, 6) is 0.302. The summed E-state index contributed by atoms with van der Waals surface area (Å²) in [5, 5.41) is 2.22. The van der Waals surface area contributed by atoms with Crippen LogP contribution in [-0.4, -0.2) is 5.97 Å². The van der Waals surface area contributed by atoms with Crippen LogP contribution in [0.4, 0.5) is 0 Å². The SMILES string of the molecule is CC(=O)Oc1ccc2ccccc2c1.[H+]. The Morgan fingerprint density at radius 1 is 1.14 bits per heavy atom. The summed E-state index contributed by atoms with van der Waals surface area (Å²) in [6, 6.07) is 13.5. The van der Waals surface area contributed by atoms with Gasteiger partial charge in [-0.3, -0.25) is 4.79 Å². The molecular formula is C12H11O2+. The van der Waals surface area contributed by atoms with Crippen molar-refractivity contribution in [1.82, 2.24) is 0 Å². The smallest absolute Gasteiger partial charge is 0.427 e. The van der Waals surface area contributed by atoms with Crippen LogP contribution in [0.15, 0.2) is 42.5 Å². The minimum Gasteiger partial charge on any atom is -0.427 e. The maximum absolute atomic E-state index is 10.7. The zero-order valence-corrected chi connectivity index (χ0v) is 7.86. The Labute approximate surface area is 83.6 Å². The van der Waals surface area contributed by atoms with E-state index in [4.69, 9.17) is 4.74 Å². The predicted molar refractivity (Wildman–Crippen MR) is 56.4 cm³/mol. The van der Waals surface area contributed by atoms with E-state index in [2.05, 4.69) is 0 Å². The number of carbonyl (C=O) groups is 1. The number of esters is 1. The van der Waals surface area contributed by atoms with Gasteiger partial charge in [-0.15, -0.1) is 0 Å². The van der Waals surface area contributed by atoms with Gasteiger partial charge in [-0.2, -0.15) is 0 Å². The van der Waals surface area contributed by atoms with Gasteiger partial charge in [-0.05, 0) is 22.9 Å². The van der Waals surface area contributed by atoms with E-state index in [-0.39, 0.29) is 7.40 Å². The lowest BCUT2D eigenvalue weighted by molar-refractivity contribution is -0.131. The number of hydrogen-bond acceptors (Lipinski definition) is 2. The summed E-state index contributed by atoms with van der Waals surface area (Å²) in [6.45, 7) is 1.40. The maximum atomic E-state index is 10.7. The fourth-order valence-corrected chi connectivity index (χ4v) is 1.40. The third kappa shape index (κ3) is 1.74. The van der Waals surface area contributed by atoms with E-state index < -0.39 is 0 Å². The van der Waals surface area contributed by atoms with Gasteiger partial charge in [0.2, 0.25) is 0 Å². The summed E-state index contributed by atoms with van der Waals surface area (Å²) < 4.78 is 4.98. The van der Waals surface area contributed by atoms with Crippen molar-refractivity contribution < 1.29 is 11.0 Å². The van der Waals surface area contributed by atoms with Gasteiger partial charge in [0.15, 0.2) is 0 Å². The van der Waals surface area contributed by atoms with E-state index in [0.717, 1.165) is 10.8 Å². The first kappa shape index (κ1) is 8.75. The second-order valence-corrected chi connectivity index (χ2v) is 3.10. The van der Waals surface area contributed by atoms with Crippen LogP contribution in [0.3, 0.4) is 0 Å². The molecular weight excluding hydrogens is 176 g/mol. The summed E-state index contributed by atoms with van der Waals surface area (Å²) in [5.41, 5.74) is 0. The van der Waals surface area contributed by atoms with Gasteiger partial charge < -0.3 is 4.74 Å². The molecule has 0 aliphatic rings. The quantitative estimate of drug-likeness (QED) is 0.507. The molecule has 2 heteroatoms. The van der Waals surface area contributed by atoms with E-state index in [9.17, 15) is 4.79 Å². The van der Waals surface area contributed by atoms with E-state index in [0.29, 0.717) is 5.75 Å². The molecule has 70 valence electrons. The van der Waals surface area contributed by atoms with E-state index in [1.54, 1.807) is 6.07 Å². The van der Waals surface area contributed by atoms with Crippen molar-refractivity contribution in [3.05, 3.63) is 42.5 Å². The van der Waals surface area contributed by atoms with Crippen LogP contribution in [0.5, 0.6) is 5.75 Å². The molecule has 0 heterocycles. The Kier molecular flexibility index (Phi) is 2.19. The highest BCUT2D eigenvalue weighted by molar-refractivity contribution is 5.84. The fourth-order valence-electron chi connectivity index (χ4n) is 1.40. The lowest BCUT2D eigenvalue weighted by Gasteiger charge is -2.02. The molecule has 2 rings (SSSR count). The molecule has 0 bridgehead atoms. The van der Waals surface area contributed by atoms with Crippen molar-refractivity contribution in [2.24, 2.45) is 0 Å². The maximum Gasteiger partial charge on any atom is 1.00 e. The first-order valence-electron chi connectivity index (χ1n) is 4.43. The standard InChI is InChI=1S/C12H10O2/c1-9(13)14-12-7-6-10-4-2-3-5-11(10)8-12/h2-8H,1H3/p+1. The van der Waals surface area contributed by atoms with Crippen LogP contribution in [0.1, 0.15) is 8.35 Å². The topological polar surface area (TPSA) is 26.3 Å². The lowest BCUT2D eigenvalue weighted by Crippen LogP contribution is -2.00. The molecule has 0 aliphatic carbocycles. The monoisotopic (exact) mass is 187 g/mol. The largest absolute Gasteiger partial charge is 1.00 e. The molecule has 0 unspecified atom stereocenters. The molecule has 14 heavy (non-hydrogen) atoms. The summed E-state index contributed by atoms with van der Waals surface area (Å²) in [7, 11) is 0. The highest BCUT2D eigenvalue weighted by Gasteiger charge is 1.98. The van der Waals surface area contributed by atoms with Gasteiger partial charge in [0, 0.05) is 6.92 Å². The van der Waals surface area contributed by atoms with Gasteiger partial charge in [-0.25, -0.2) is 0 Å². The van der Waals surface area contributed by atoms with Crippen molar-refractivity contribution in [2.45, 2.75) is 6.92 Å². The Morgan fingerprint density at radius 2 is 1.86 bits per heavy atom. The van der Waals surface area contributed by atoms with Crippen molar-refractivity contribution in [3.8, 4) is 5.75 Å². The molecule has 0 radical (unpaired) electrons. The summed E-state index contributed by atoms with van der Waals surface area (Å²) in [6.07, 6.45) is 0. The zero-order valence-electron chi connectivity index (χ0n) is 8.86. The fraction of sp³-hybridized carbons (Fsp3) is 0.0833. The van der Waals surface area contributed by atoms with Gasteiger partial charge in [0.25, 0.3) is 0 Å². The predicted octanol–water partition coefficient (Wildman–Crippen LogP) is 2.88. The number of fused-ring (bicyclic) bond motifs is 1. The van der Waals surface area contributed by atoms with Crippen LogP contribution in [0.2, 0.25) is 0 Å². The second-order valence-electron chi connectivity index (χ2n) is 3.10. The molecule has 0 spiro atoms. The molecule has 0 N–H and O–H groups in total. The van der Waals surface area contributed by atoms with Gasteiger partial charge in [0.05, 0.1) is 0 Å². The van der Waals surface area contributed by atoms with Crippen molar-refractivity contribution in [1.29, 1.82) is 0 Å². The Hall–Kier alpha value is -1.83. The number of hydrogen-bond donors (Lipinski definition) is 0. The first-order chi connectivity index (χ1) is 6.75. The number of rotatable bonds is 1. The molecule has 0 aliphatic heterocycles. The second kappa shape index (κ2) is 3.50. The number of ether oxygens (including phenoxy) is 1. The Bertz CT molecular complexity index is 480. The normalized spacial score (nSPS) is 10.1. The minimum absolute atomic E-state index is 0. The third-order valence-corrected chi connectivity index (χ3v) is 1.98. The van der Waals surface area contributed by atoms with E-state index in [1.165, 1.54) is 6.92 Å². The molecule has 0 amide bonds. The van der Waals surface area contributed by atoms with Gasteiger partial charge in [-0.1, -0.05) is 30.3 Å². The average Bonchev–Trinajstić information content (AvgIpc) is 2.17. The Morgan fingerprint density at radius 3 is 2.57 bits per heavy atom. The highest BCUT2D eigenvalue weighted by atomic mass is 16.5. The summed E-state index contributed by atoms with van der Waals surface area (Å²) >= 11 is 0. The molecule has 0 atom stereocenters. The molecule has 0 fully saturated rings. The molecule has 0 saturated heterocycles. The van der Waals surface area contributed by atoms with E-state index in [1.807, 2.05) is 36.4 Å². The summed E-state index contributed by atoms with van der Waals surface area (Å²) in [4.78, 5) is 10.7. The number of benzene rings is 2. The molecule has 2 aromatic carbocycles. The van der Waals surface area contributed by atoms with Crippen LogP contribution >= 0.6 is 0 Å². The van der Waals surface area contributed by atoms with Crippen molar-refractivity contribution in [2.75, 3.05) is 0 Å². The first-order valence-corrected chi connectivity index (χ1v) is 4.43. The molecule has 0 aromatic heterocycles. The van der Waals surface area contributed by atoms with Crippen LogP contribution in [0, 0.1) is 0 Å². The van der Waals surface area contributed by atoms with Crippen LogP contribution < -0.4 is 4.74 Å². The van der Waals surface area contributed by atoms with E-state index >= 15 is 0 Å². The zero-order chi connectivity index (χ0) is 9.97. The average molecular weight is 187 g/mol. The molecule has 0 saturated carbocycles. The van der Waals surface area contributed by atoms with Crippen LogP contribution in [-0.2, 0) is 4.79 Å². The molecule has 2 nitrogen and oxygen atoms in total. The molecule has 2 aromatic rings. The third-order valence-electron chi connectivity index (χ3n) is 1.98. The van der Waals surface area contributed by atoms with Crippen molar-refractivity contribution in [3.63, 3.8) is 0 Å². The Balaban J connectivity index is 0.00000112.